The van der Waals surface area contributed by atoms with Crippen LogP contribution in [0.4, 0.5) is 0 Å². The first-order valence-corrected chi connectivity index (χ1v) is 10.1. The van der Waals surface area contributed by atoms with Crippen molar-refractivity contribution in [1.82, 2.24) is 20.0 Å². The second-order valence-corrected chi connectivity index (χ2v) is 7.93. The number of benzene rings is 1. The first-order chi connectivity index (χ1) is 13.2. The van der Waals surface area contributed by atoms with E-state index in [2.05, 4.69) is 63.4 Å². The average Bonchev–Trinajstić information content (AvgIpc) is 3.14. The molecule has 2 fully saturated rings. The van der Waals surface area contributed by atoms with Crippen molar-refractivity contribution in [2.75, 3.05) is 67.0 Å². The van der Waals surface area contributed by atoms with Crippen LogP contribution in [-0.4, -0.2) is 93.7 Å². The van der Waals surface area contributed by atoms with Gasteiger partial charge in [-0.25, -0.2) is 0 Å². The van der Waals surface area contributed by atoms with Crippen LogP contribution in [0.5, 0.6) is 0 Å². The predicted molar refractivity (Wildman–Crippen MR) is 111 cm³/mol. The summed E-state index contributed by atoms with van der Waals surface area (Å²) in [6, 6.07) is 10.9. The molecule has 1 N–H and O–H groups in total. The third-order valence-corrected chi connectivity index (χ3v) is 5.74. The van der Waals surface area contributed by atoms with Gasteiger partial charge in [-0.1, -0.05) is 30.3 Å². The summed E-state index contributed by atoms with van der Waals surface area (Å²) in [6.07, 6.45) is 1.17. The maximum Gasteiger partial charge on any atom is 0.193 e. The maximum absolute atomic E-state index is 5.95. The number of rotatable bonds is 6. The number of likely N-dealkylation sites (N-methyl/N-ethyl adjacent to an activating group) is 2. The van der Waals surface area contributed by atoms with Crippen molar-refractivity contribution in [3.8, 4) is 0 Å². The molecule has 2 aliphatic rings. The summed E-state index contributed by atoms with van der Waals surface area (Å²) in [5.41, 5.74) is 1.24. The summed E-state index contributed by atoms with van der Waals surface area (Å²) >= 11 is 0. The Morgan fingerprint density at radius 2 is 1.96 bits per heavy atom. The van der Waals surface area contributed by atoms with Gasteiger partial charge in [-0.05, 0) is 26.1 Å². The van der Waals surface area contributed by atoms with E-state index in [1.165, 1.54) is 12.0 Å². The zero-order chi connectivity index (χ0) is 19.1. The lowest BCUT2D eigenvalue weighted by Crippen LogP contribution is -2.55. The molecule has 0 bridgehead atoms. The number of piperazine rings is 1. The van der Waals surface area contributed by atoms with E-state index in [4.69, 9.17) is 4.74 Å². The van der Waals surface area contributed by atoms with E-state index in [0.717, 1.165) is 51.8 Å². The lowest BCUT2D eigenvalue weighted by Gasteiger charge is -2.38. The molecule has 6 nitrogen and oxygen atoms in total. The Kier molecular flexibility index (Phi) is 7.50. The molecule has 6 heteroatoms. The van der Waals surface area contributed by atoms with Crippen molar-refractivity contribution in [2.24, 2.45) is 10.9 Å². The molecular formula is C21H35N5O. The molecule has 2 saturated heterocycles. The number of hydrogen-bond donors (Lipinski definition) is 1. The molecule has 1 aromatic rings. The van der Waals surface area contributed by atoms with E-state index >= 15 is 0 Å². The fraction of sp³-hybridized carbons (Fsp3) is 0.667. The largest absolute Gasteiger partial charge is 0.376 e. The van der Waals surface area contributed by atoms with Crippen molar-refractivity contribution in [2.45, 2.75) is 19.1 Å². The number of aliphatic imine (C=N–C) groups is 1. The minimum Gasteiger partial charge on any atom is -0.376 e. The monoisotopic (exact) mass is 373 g/mol. The van der Waals surface area contributed by atoms with Gasteiger partial charge >= 0.3 is 0 Å². The Balaban J connectivity index is 1.39. The minimum atomic E-state index is 0.535. The van der Waals surface area contributed by atoms with Crippen molar-refractivity contribution in [1.29, 1.82) is 0 Å². The van der Waals surface area contributed by atoms with Gasteiger partial charge in [0.2, 0.25) is 0 Å². The highest BCUT2D eigenvalue weighted by Gasteiger charge is 2.27. The Labute approximate surface area is 164 Å². The second-order valence-electron chi connectivity index (χ2n) is 7.93. The van der Waals surface area contributed by atoms with Gasteiger partial charge in [0, 0.05) is 58.3 Å². The number of hydrogen-bond acceptors (Lipinski definition) is 4. The van der Waals surface area contributed by atoms with Crippen LogP contribution in [-0.2, 0) is 11.3 Å². The van der Waals surface area contributed by atoms with Crippen LogP contribution in [0.15, 0.2) is 35.3 Å². The standard InChI is InChI=1S/C21H35N5O/c1-22-21(23-13-20-15-24(2)11-12-25(20)3)26-10-9-19(14-26)17-27-16-18-7-5-4-6-8-18/h4-8,19-20H,9-17H2,1-3H3,(H,22,23). The number of nitrogens with one attached hydrogen (secondary N) is 1. The van der Waals surface area contributed by atoms with Gasteiger partial charge in [-0.15, -0.1) is 0 Å². The zero-order valence-electron chi connectivity index (χ0n) is 17.1. The SMILES string of the molecule is CN=C(NCC1CN(C)CCN1C)N1CCC(COCc2ccccc2)C1. The molecule has 150 valence electrons. The molecule has 0 amide bonds. The highest BCUT2D eigenvalue weighted by molar-refractivity contribution is 5.80. The summed E-state index contributed by atoms with van der Waals surface area (Å²) in [5.74, 6) is 1.61. The molecular weight excluding hydrogens is 338 g/mol. The minimum absolute atomic E-state index is 0.535. The van der Waals surface area contributed by atoms with Crippen LogP contribution in [0.1, 0.15) is 12.0 Å². The van der Waals surface area contributed by atoms with Crippen LogP contribution in [0.2, 0.25) is 0 Å². The number of likely N-dealkylation sites (tertiary alicyclic amines) is 1. The van der Waals surface area contributed by atoms with Crippen molar-refractivity contribution in [3.05, 3.63) is 35.9 Å². The lowest BCUT2D eigenvalue weighted by atomic mass is 10.1. The summed E-state index contributed by atoms with van der Waals surface area (Å²) in [7, 11) is 6.31. The van der Waals surface area contributed by atoms with Gasteiger partial charge in [0.25, 0.3) is 0 Å². The molecule has 2 unspecified atom stereocenters. The van der Waals surface area contributed by atoms with E-state index in [0.29, 0.717) is 18.6 Å². The summed E-state index contributed by atoms with van der Waals surface area (Å²) in [5, 5.41) is 3.60. The molecule has 2 atom stereocenters. The van der Waals surface area contributed by atoms with Crippen LogP contribution in [0.25, 0.3) is 0 Å². The number of guanidine groups is 1. The topological polar surface area (TPSA) is 43.3 Å². The third-order valence-electron chi connectivity index (χ3n) is 5.74. The fourth-order valence-electron chi connectivity index (χ4n) is 3.94. The summed E-state index contributed by atoms with van der Waals surface area (Å²) in [4.78, 5) is 11.8. The van der Waals surface area contributed by atoms with E-state index in [9.17, 15) is 0 Å². The molecule has 2 aliphatic heterocycles. The van der Waals surface area contributed by atoms with E-state index in [-0.39, 0.29) is 0 Å². The zero-order valence-corrected chi connectivity index (χ0v) is 17.1. The van der Waals surface area contributed by atoms with E-state index in [1.54, 1.807) is 0 Å². The lowest BCUT2D eigenvalue weighted by molar-refractivity contribution is 0.0906. The van der Waals surface area contributed by atoms with Crippen LogP contribution in [0, 0.1) is 5.92 Å². The average molecular weight is 374 g/mol. The number of ether oxygens (including phenoxy) is 1. The summed E-state index contributed by atoms with van der Waals surface area (Å²) < 4.78 is 5.95. The molecule has 0 radical (unpaired) electrons. The van der Waals surface area contributed by atoms with Gasteiger partial charge in [-0.3, -0.25) is 9.89 Å². The Morgan fingerprint density at radius 3 is 2.74 bits per heavy atom. The van der Waals surface area contributed by atoms with Crippen molar-refractivity contribution >= 4 is 5.96 Å². The first kappa shape index (κ1) is 20.1. The van der Waals surface area contributed by atoms with Gasteiger partial charge in [0.1, 0.15) is 0 Å². The Hall–Kier alpha value is -1.63. The van der Waals surface area contributed by atoms with Crippen molar-refractivity contribution in [3.63, 3.8) is 0 Å². The smallest absolute Gasteiger partial charge is 0.193 e. The Bertz CT molecular complexity index is 593. The molecule has 27 heavy (non-hydrogen) atoms. The summed E-state index contributed by atoms with van der Waals surface area (Å²) in [6.45, 7) is 7.93. The molecule has 2 heterocycles. The fourth-order valence-corrected chi connectivity index (χ4v) is 3.94. The third kappa shape index (κ3) is 5.92. The van der Waals surface area contributed by atoms with E-state index < -0.39 is 0 Å². The van der Waals surface area contributed by atoms with Crippen LogP contribution in [0.3, 0.4) is 0 Å². The number of nitrogens with zero attached hydrogens (tertiary/aromatic N) is 4. The van der Waals surface area contributed by atoms with Crippen LogP contribution >= 0.6 is 0 Å². The quantitative estimate of drug-likeness (QED) is 0.602. The molecule has 0 aromatic heterocycles. The highest BCUT2D eigenvalue weighted by Crippen LogP contribution is 2.17. The van der Waals surface area contributed by atoms with Gasteiger partial charge in [-0.2, -0.15) is 0 Å². The maximum atomic E-state index is 5.95. The van der Waals surface area contributed by atoms with E-state index in [1.807, 2.05) is 13.1 Å². The van der Waals surface area contributed by atoms with Crippen molar-refractivity contribution < 1.29 is 4.74 Å². The Morgan fingerprint density at radius 1 is 1.15 bits per heavy atom. The first-order valence-electron chi connectivity index (χ1n) is 10.1. The second kappa shape index (κ2) is 10.1. The van der Waals surface area contributed by atoms with Gasteiger partial charge in [0.15, 0.2) is 5.96 Å². The molecule has 0 saturated carbocycles. The van der Waals surface area contributed by atoms with Gasteiger partial charge < -0.3 is 19.9 Å². The van der Waals surface area contributed by atoms with Crippen LogP contribution < -0.4 is 5.32 Å². The predicted octanol–water partition coefficient (Wildman–Crippen LogP) is 1.35. The molecule has 1 aromatic carbocycles. The molecule has 0 aliphatic carbocycles. The molecule has 0 spiro atoms. The molecule has 3 rings (SSSR count). The van der Waals surface area contributed by atoms with Gasteiger partial charge in [0.05, 0.1) is 13.2 Å². The highest BCUT2D eigenvalue weighted by atomic mass is 16.5. The normalized spacial score (nSPS) is 25.1.